The van der Waals surface area contributed by atoms with Crippen LogP contribution in [0.2, 0.25) is 0 Å². The zero-order valence-corrected chi connectivity index (χ0v) is 6.59. The number of carboxylic acids is 1. The summed E-state index contributed by atoms with van der Waals surface area (Å²) in [6, 6.07) is 0. The van der Waals surface area contributed by atoms with Crippen LogP contribution in [0.4, 0.5) is 13.2 Å². The van der Waals surface area contributed by atoms with Gasteiger partial charge in [0.25, 0.3) is 3.78 Å². The Labute approximate surface area is 67.1 Å². The number of aliphatic carboxylic acids is 1. The van der Waals surface area contributed by atoms with E-state index in [1.165, 1.54) is 0 Å². The van der Waals surface area contributed by atoms with Crippen molar-refractivity contribution >= 4 is 33.5 Å². The third-order valence-corrected chi connectivity index (χ3v) is 1.79. The monoisotopic (exact) mass is 240 g/mol. The Morgan fingerprint density at radius 2 is 1.80 bits per heavy atom. The first kappa shape index (κ1) is 10.0. The lowest BCUT2D eigenvalue weighted by molar-refractivity contribution is -0.168. The summed E-state index contributed by atoms with van der Waals surface area (Å²) in [5.41, 5.74) is 0. The SMILES string of the molecule is O=C(O)[C@](Cl)(Br)C(F)(F)F. The van der Waals surface area contributed by atoms with Gasteiger partial charge in [-0.1, -0.05) is 11.6 Å². The Hall–Kier alpha value is 0.0300. The molecule has 10 heavy (non-hydrogen) atoms. The molecule has 0 amide bonds. The molecule has 0 spiro atoms. The number of hydrogen-bond acceptors (Lipinski definition) is 1. The second kappa shape index (κ2) is 2.58. The minimum atomic E-state index is -5.00. The summed E-state index contributed by atoms with van der Waals surface area (Å²) < 4.78 is 31.2. The van der Waals surface area contributed by atoms with Crippen molar-refractivity contribution in [3.63, 3.8) is 0 Å². The van der Waals surface area contributed by atoms with E-state index in [0.717, 1.165) is 0 Å². The van der Waals surface area contributed by atoms with E-state index in [2.05, 4.69) is 11.6 Å². The molecule has 0 aliphatic carbocycles. The molecule has 0 bridgehead atoms. The van der Waals surface area contributed by atoms with Crippen LogP contribution < -0.4 is 0 Å². The largest absolute Gasteiger partial charge is 0.479 e. The first-order valence-electron chi connectivity index (χ1n) is 1.87. The highest BCUT2D eigenvalue weighted by molar-refractivity contribution is 9.10. The smallest absolute Gasteiger partial charge is 0.428 e. The van der Waals surface area contributed by atoms with Crippen LogP contribution in [-0.2, 0) is 4.79 Å². The summed E-state index contributed by atoms with van der Waals surface area (Å²) in [5.74, 6) is -2.18. The van der Waals surface area contributed by atoms with Crippen LogP contribution >= 0.6 is 27.5 Å². The van der Waals surface area contributed by atoms with E-state index in [9.17, 15) is 18.0 Å². The number of carbonyl (C=O) groups is 1. The maximum absolute atomic E-state index is 11.5. The Bertz CT molecular complexity index is 154. The van der Waals surface area contributed by atoms with Crippen molar-refractivity contribution in [2.24, 2.45) is 0 Å². The molecule has 0 unspecified atom stereocenters. The summed E-state index contributed by atoms with van der Waals surface area (Å²) >= 11 is 6.35. The van der Waals surface area contributed by atoms with Gasteiger partial charge in [-0.3, -0.25) is 0 Å². The molecule has 0 fully saturated rings. The van der Waals surface area contributed by atoms with Gasteiger partial charge in [-0.15, -0.1) is 0 Å². The van der Waals surface area contributed by atoms with Gasteiger partial charge >= 0.3 is 12.1 Å². The van der Waals surface area contributed by atoms with Gasteiger partial charge in [-0.25, -0.2) is 4.79 Å². The van der Waals surface area contributed by atoms with E-state index in [1.54, 1.807) is 0 Å². The molecule has 0 saturated heterocycles. The van der Waals surface area contributed by atoms with E-state index < -0.39 is 15.9 Å². The summed E-state index contributed by atoms with van der Waals surface area (Å²) in [6.07, 6.45) is -5.00. The third-order valence-electron chi connectivity index (χ3n) is 0.625. The molecule has 0 aliphatic heterocycles. The molecule has 0 saturated carbocycles. The van der Waals surface area contributed by atoms with E-state index >= 15 is 0 Å². The Kier molecular flexibility index (Phi) is 2.59. The van der Waals surface area contributed by atoms with Gasteiger partial charge < -0.3 is 5.11 Å². The molecule has 1 atom stereocenters. The summed E-state index contributed by atoms with van der Waals surface area (Å²) in [5, 5.41) is 7.88. The van der Waals surface area contributed by atoms with Crippen LogP contribution in [0.1, 0.15) is 0 Å². The van der Waals surface area contributed by atoms with E-state index in [0.29, 0.717) is 0 Å². The Morgan fingerprint density at radius 3 is 1.80 bits per heavy atom. The van der Waals surface area contributed by atoms with Crippen LogP contribution in [0.25, 0.3) is 0 Å². The third kappa shape index (κ3) is 1.76. The second-order valence-corrected chi connectivity index (χ2v) is 3.59. The lowest BCUT2D eigenvalue weighted by atomic mass is 10.4. The molecule has 0 aromatic carbocycles. The van der Waals surface area contributed by atoms with Crippen molar-refractivity contribution in [3.05, 3.63) is 0 Å². The van der Waals surface area contributed by atoms with Crippen molar-refractivity contribution in [2.75, 3.05) is 0 Å². The minimum Gasteiger partial charge on any atom is -0.479 e. The lowest BCUT2D eigenvalue weighted by Gasteiger charge is -2.17. The zero-order chi connectivity index (χ0) is 8.58. The summed E-state index contributed by atoms with van der Waals surface area (Å²) in [7, 11) is 0. The molecule has 60 valence electrons. The highest BCUT2D eigenvalue weighted by Gasteiger charge is 2.58. The highest BCUT2D eigenvalue weighted by atomic mass is 79.9. The predicted octanol–water partition coefficient (Wildman–Crippen LogP) is 1.96. The molecule has 0 aromatic heterocycles. The molecule has 0 aliphatic rings. The number of alkyl halides is 5. The average molecular weight is 241 g/mol. The van der Waals surface area contributed by atoms with Crippen LogP contribution in [0.15, 0.2) is 0 Å². The molecule has 1 N–H and O–H groups in total. The van der Waals surface area contributed by atoms with Gasteiger partial charge in [-0.05, 0) is 15.9 Å². The number of carboxylic acid groups (broad SMARTS) is 1. The van der Waals surface area contributed by atoms with Gasteiger partial charge in [0, 0.05) is 0 Å². The molecule has 0 radical (unpaired) electrons. The fraction of sp³-hybridized carbons (Fsp3) is 0.667. The fourth-order valence-corrected chi connectivity index (χ4v) is 0.121. The van der Waals surface area contributed by atoms with Crippen molar-refractivity contribution in [2.45, 2.75) is 9.96 Å². The van der Waals surface area contributed by atoms with Crippen LogP contribution in [0, 0.1) is 0 Å². The molecule has 0 aromatic rings. The first-order valence-corrected chi connectivity index (χ1v) is 3.04. The van der Waals surface area contributed by atoms with Gasteiger partial charge in [0.15, 0.2) is 0 Å². The first-order chi connectivity index (χ1) is 4.19. The Balaban J connectivity index is 4.57. The van der Waals surface area contributed by atoms with Crippen molar-refractivity contribution in [1.82, 2.24) is 0 Å². The maximum Gasteiger partial charge on any atom is 0.428 e. The van der Waals surface area contributed by atoms with Crippen LogP contribution in [0.3, 0.4) is 0 Å². The number of hydrogen-bond donors (Lipinski definition) is 1. The van der Waals surface area contributed by atoms with Gasteiger partial charge in [-0.2, -0.15) is 13.2 Å². The summed E-state index contributed by atoms with van der Waals surface area (Å²) in [6.45, 7) is 0. The van der Waals surface area contributed by atoms with Crippen molar-refractivity contribution < 1.29 is 23.1 Å². The lowest BCUT2D eigenvalue weighted by Crippen LogP contribution is -2.41. The van der Waals surface area contributed by atoms with Gasteiger partial charge in [0.1, 0.15) is 0 Å². The minimum absolute atomic E-state index is 1.81. The van der Waals surface area contributed by atoms with Crippen LogP contribution in [0.5, 0.6) is 0 Å². The van der Waals surface area contributed by atoms with Crippen molar-refractivity contribution in [3.8, 4) is 0 Å². The Morgan fingerprint density at radius 1 is 1.50 bits per heavy atom. The number of halogens is 5. The highest BCUT2D eigenvalue weighted by Crippen LogP contribution is 2.41. The van der Waals surface area contributed by atoms with E-state index in [4.69, 9.17) is 5.11 Å². The summed E-state index contributed by atoms with van der Waals surface area (Å²) in [4.78, 5) is 9.77. The van der Waals surface area contributed by atoms with E-state index in [-0.39, 0.29) is 0 Å². The molecule has 0 rings (SSSR count). The van der Waals surface area contributed by atoms with Gasteiger partial charge in [0.2, 0.25) is 0 Å². The number of rotatable bonds is 1. The zero-order valence-electron chi connectivity index (χ0n) is 4.25. The normalized spacial score (nSPS) is 18.1. The molecular weight excluding hydrogens is 240 g/mol. The topological polar surface area (TPSA) is 37.3 Å². The fourth-order valence-electron chi connectivity index (χ4n) is 0.121. The maximum atomic E-state index is 11.5. The predicted molar refractivity (Wildman–Crippen MR) is 31.2 cm³/mol. The average Bonchev–Trinajstić information content (AvgIpc) is 1.62. The van der Waals surface area contributed by atoms with E-state index in [1.807, 2.05) is 15.9 Å². The van der Waals surface area contributed by atoms with Crippen molar-refractivity contribution in [1.29, 1.82) is 0 Å². The van der Waals surface area contributed by atoms with Crippen LogP contribution in [-0.4, -0.2) is 21.0 Å². The molecular formula is C3HBrClF3O2. The molecule has 0 heterocycles. The standard InChI is InChI=1S/C3HBrClF3O2/c4-2(5,1(9)10)3(6,7)8/h(H,9,10)/t2-/m1/s1. The molecule has 7 heteroatoms. The second-order valence-electron chi connectivity index (χ2n) is 1.38. The quantitative estimate of drug-likeness (QED) is 0.713. The van der Waals surface area contributed by atoms with Gasteiger partial charge in [0.05, 0.1) is 0 Å². The molecule has 2 nitrogen and oxygen atoms in total.